The Hall–Kier alpha value is -2.54. The molecule has 1 saturated heterocycles. The average Bonchev–Trinajstić information content (AvgIpc) is 2.77. The maximum Gasteiger partial charge on any atom is 0.222 e. The summed E-state index contributed by atoms with van der Waals surface area (Å²) in [6.07, 6.45) is 11.1. The zero-order valence-corrected chi connectivity index (χ0v) is 18.7. The van der Waals surface area contributed by atoms with Gasteiger partial charge < -0.3 is 10.6 Å². The monoisotopic (exact) mass is 422 g/mol. The number of anilines is 1. The molecule has 3 heterocycles. The van der Waals surface area contributed by atoms with Crippen molar-refractivity contribution in [2.45, 2.75) is 51.5 Å². The number of nitrogens with two attached hydrogens (primary N) is 1. The van der Waals surface area contributed by atoms with Gasteiger partial charge in [-0.3, -0.25) is 14.7 Å². The minimum atomic E-state index is 0.247. The van der Waals surface area contributed by atoms with Gasteiger partial charge in [-0.15, -0.1) is 0 Å². The molecule has 0 radical (unpaired) electrons. The number of nitrogens with zero attached hydrogens (tertiary/aromatic N) is 5. The van der Waals surface area contributed by atoms with Crippen LogP contribution < -0.4 is 5.73 Å². The Morgan fingerprint density at radius 3 is 2.87 bits per heavy atom. The van der Waals surface area contributed by atoms with Crippen LogP contribution in [-0.2, 0) is 24.1 Å². The van der Waals surface area contributed by atoms with Crippen LogP contribution in [-0.4, -0.2) is 63.4 Å². The van der Waals surface area contributed by atoms with E-state index >= 15 is 0 Å². The first-order chi connectivity index (χ1) is 15.0. The molecule has 2 N–H and O–H groups in total. The number of pyridine rings is 1. The summed E-state index contributed by atoms with van der Waals surface area (Å²) < 4.78 is 0. The van der Waals surface area contributed by atoms with E-state index in [-0.39, 0.29) is 5.91 Å². The standard InChI is InChI=1S/C24H34N6O/c1-3-9-30-16-18(12-23(31)29(2)10-6-17-4-7-26-8-5-17)11-19-13-21-20(14-22(19)30)15-27-24(25)28-21/h4-5,7-8,15,18-19,22H,3,6,9-14,16H2,1-2H3,(H2,25,27,28)/t18-,19-,22-/m1/s1. The Morgan fingerprint density at radius 2 is 2.10 bits per heavy atom. The average molecular weight is 423 g/mol. The lowest BCUT2D eigenvalue weighted by molar-refractivity contribution is -0.131. The summed E-state index contributed by atoms with van der Waals surface area (Å²) in [5.41, 5.74) is 9.39. The highest BCUT2D eigenvalue weighted by Crippen LogP contribution is 2.37. The van der Waals surface area contributed by atoms with Crippen LogP contribution in [0.3, 0.4) is 0 Å². The number of aromatic nitrogens is 3. The Morgan fingerprint density at radius 1 is 1.29 bits per heavy atom. The van der Waals surface area contributed by atoms with Gasteiger partial charge in [-0.1, -0.05) is 6.92 Å². The van der Waals surface area contributed by atoms with E-state index in [1.165, 1.54) is 11.1 Å². The van der Waals surface area contributed by atoms with Gasteiger partial charge >= 0.3 is 0 Å². The molecule has 0 spiro atoms. The summed E-state index contributed by atoms with van der Waals surface area (Å²) in [5, 5.41) is 0. The van der Waals surface area contributed by atoms with Gasteiger partial charge in [-0.25, -0.2) is 9.97 Å². The topological polar surface area (TPSA) is 88.2 Å². The molecule has 1 fully saturated rings. The van der Waals surface area contributed by atoms with Crippen molar-refractivity contribution < 1.29 is 4.79 Å². The Balaban J connectivity index is 1.38. The van der Waals surface area contributed by atoms with E-state index in [9.17, 15) is 4.79 Å². The second-order valence-corrected chi connectivity index (χ2v) is 9.16. The van der Waals surface area contributed by atoms with E-state index in [0.29, 0.717) is 30.2 Å². The van der Waals surface area contributed by atoms with Gasteiger partial charge in [0.2, 0.25) is 11.9 Å². The fraction of sp³-hybridized carbons (Fsp3) is 0.583. The lowest BCUT2D eigenvalue weighted by Gasteiger charge is -2.47. The molecule has 0 unspecified atom stereocenters. The lowest BCUT2D eigenvalue weighted by atomic mass is 9.73. The number of hydrogen-bond donors (Lipinski definition) is 1. The largest absolute Gasteiger partial charge is 0.368 e. The first-order valence-electron chi connectivity index (χ1n) is 11.5. The predicted octanol–water partition coefficient (Wildman–Crippen LogP) is 2.36. The summed E-state index contributed by atoms with van der Waals surface area (Å²) in [7, 11) is 1.93. The number of fused-ring (bicyclic) bond motifs is 2. The number of carbonyl (C=O) groups is 1. The number of likely N-dealkylation sites (tertiary alicyclic amines) is 1. The number of rotatable bonds is 7. The van der Waals surface area contributed by atoms with Crippen molar-refractivity contribution in [1.82, 2.24) is 24.8 Å². The fourth-order valence-corrected chi connectivity index (χ4v) is 5.28. The normalized spacial score (nSPS) is 23.1. The SMILES string of the molecule is CCCN1C[C@@H](CC(=O)N(C)CCc2ccncc2)C[C@@H]2Cc3nc(N)ncc3C[C@H]21. The van der Waals surface area contributed by atoms with Gasteiger partial charge in [0, 0.05) is 56.9 Å². The Kier molecular flexibility index (Phi) is 6.80. The van der Waals surface area contributed by atoms with Crippen molar-refractivity contribution in [2.24, 2.45) is 11.8 Å². The van der Waals surface area contributed by atoms with E-state index in [4.69, 9.17) is 5.73 Å². The van der Waals surface area contributed by atoms with E-state index in [1.807, 2.05) is 30.3 Å². The summed E-state index contributed by atoms with van der Waals surface area (Å²) in [4.78, 5) is 30.2. The zero-order chi connectivity index (χ0) is 21.8. The fourth-order valence-electron chi connectivity index (χ4n) is 5.28. The van der Waals surface area contributed by atoms with Crippen LogP contribution in [0.1, 0.15) is 43.0 Å². The molecule has 0 aromatic carbocycles. The molecule has 31 heavy (non-hydrogen) atoms. The van der Waals surface area contributed by atoms with Crippen molar-refractivity contribution in [3.05, 3.63) is 47.5 Å². The predicted molar refractivity (Wildman–Crippen MR) is 121 cm³/mol. The second kappa shape index (κ2) is 9.73. The van der Waals surface area contributed by atoms with Crippen LogP contribution in [0.4, 0.5) is 5.95 Å². The molecule has 0 bridgehead atoms. The van der Waals surface area contributed by atoms with Crippen molar-refractivity contribution >= 4 is 11.9 Å². The van der Waals surface area contributed by atoms with Crippen LogP contribution >= 0.6 is 0 Å². The van der Waals surface area contributed by atoms with Crippen LogP contribution in [0, 0.1) is 11.8 Å². The Labute approximate surface area is 185 Å². The third kappa shape index (κ3) is 5.21. The van der Waals surface area contributed by atoms with Gasteiger partial charge in [0.15, 0.2) is 0 Å². The highest BCUT2D eigenvalue weighted by Gasteiger charge is 2.40. The van der Waals surface area contributed by atoms with Crippen LogP contribution in [0.2, 0.25) is 0 Å². The van der Waals surface area contributed by atoms with E-state index in [1.54, 1.807) is 12.4 Å². The van der Waals surface area contributed by atoms with Gasteiger partial charge in [-0.2, -0.15) is 0 Å². The minimum absolute atomic E-state index is 0.247. The number of likely N-dealkylation sites (N-methyl/N-ethyl adjacent to an activating group) is 1. The van der Waals surface area contributed by atoms with Crippen LogP contribution in [0.15, 0.2) is 30.7 Å². The summed E-state index contributed by atoms with van der Waals surface area (Å²) >= 11 is 0. The smallest absolute Gasteiger partial charge is 0.222 e. The molecule has 1 amide bonds. The van der Waals surface area contributed by atoms with Crippen molar-refractivity contribution in [3.63, 3.8) is 0 Å². The molecule has 1 aliphatic carbocycles. The van der Waals surface area contributed by atoms with Crippen molar-refractivity contribution in [3.8, 4) is 0 Å². The van der Waals surface area contributed by atoms with Gasteiger partial charge in [-0.05, 0) is 73.7 Å². The molecule has 7 heteroatoms. The molecule has 2 aromatic heterocycles. The Bertz CT molecular complexity index is 889. The molecule has 2 aromatic rings. The van der Waals surface area contributed by atoms with E-state index in [0.717, 1.165) is 57.4 Å². The number of hydrogen-bond acceptors (Lipinski definition) is 6. The molecular formula is C24H34N6O. The van der Waals surface area contributed by atoms with Crippen molar-refractivity contribution in [1.29, 1.82) is 0 Å². The number of piperidine rings is 1. The van der Waals surface area contributed by atoms with Crippen LogP contribution in [0.25, 0.3) is 0 Å². The molecular weight excluding hydrogens is 388 g/mol. The van der Waals surface area contributed by atoms with E-state index < -0.39 is 0 Å². The molecule has 1 aliphatic heterocycles. The minimum Gasteiger partial charge on any atom is -0.368 e. The quantitative estimate of drug-likeness (QED) is 0.737. The molecule has 3 atom stereocenters. The summed E-state index contributed by atoms with van der Waals surface area (Å²) in [5.74, 6) is 1.53. The van der Waals surface area contributed by atoms with Crippen molar-refractivity contribution in [2.75, 3.05) is 32.4 Å². The maximum absolute atomic E-state index is 13.0. The summed E-state index contributed by atoms with van der Waals surface area (Å²) in [6.45, 7) is 5.06. The van der Waals surface area contributed by atoms with Gasteiger partial charge in [0.25, 0.3) is 0 Å². The third-order valence-corrected chi connectivity index (χ3v) is 6.88. The van der Waals surface area contributed by atoms with E-state index in [2.05, 4.69) is 26.8 Å². The number of nitrogen functional groups attached to an aromatic ring is 1. The van der Waals surface area contributed by atoms with Gasteiger partial charge in [0.1, 0.15) is 0 Å². The molecule has 0 saturated carbocycles. The first kappa shape index (κ1) is 21.7. The number of amides is 1. The summed E-state index contributed by atoms with van der Waals surface area (Å²) in [6, 6.07) is 4.55. The zero-order valence-electron chi connectivity index (χ0n) is 18.7. The number of carbonyl (C=O) groups excluding carboxylic acids is 1. The highest BCUT2D eigenvalue weighted by atomic mass is 16.2. The second-order valence-electron chi connectivity index (χ2n) is 9.16. The van der Waals surface area contributed by atoms with Gasteiger partial charge in [0.05, 0.1) is 0 Å². The molecule has 7 nitrogen and oxygen atoms in total. The third-order valence-electron chi connectivity index (χ3n) is 6.88. The molecule has 166 valence electrons. The molecule has 2 aliphatic rings. The van der Waals surface area contributed by atoms with Crippen LogP contribution in [0.5, 0.6) is 0 Å². The molecule has 4 rings (SSSR count). The highest BCUT2D eigenvalue weighted by molar-refractivity contribution is 5.76. The first-order valence-corrected chi connectivity index (χ1v) is 11.5. The lowest BCUT2D eigenvalue weighted by Crippen LogP contribution is -2.53. The maximum atomic E-state index is 13.0.